The molecule has 168 valence electrons. The van der Waals surface area contributed by atoms with E-state index in [9.17, 15) is 0 Å². The molecular formula is C27H24N6S. The third kappa shape index (κ3) is 3.95. The van der Waals surface area contributed by atoms with Gasteiger partial charge >= 0.3 is 0 Å². The highest BCUT2D eigenvalue weighted by atomic mass is 32.1. The Labute approximate surface area is 203 Å². The standard InChI is InChI=1S/C27H24N6S/c34-27(33-15-12-19(17-33)18-6-2-1-3-7-18)30-20-10-11-21-24(16-20)32-26(23-9-5-14-29-23)25(31-21)22-8-4-13-28-22/h1-11,13-14,16,19,28-29H,12,15,17H2,(H,30,34)/t19-/m0/s1. The fourth-order valence-corrected chi connectivity index (χ4v) is 4.89. The molecule has 0 amide bonds. The van der Waals surface area contributed by atoms with Crippen molar-refractivity contribution in [2.24, 2.45) is 0 Å². The number of aromatic nitrogens is 4. The molecule has 2 aromatic carbocycles. The van der Waals surface area contributed by atoms with Gasteiger partial charge in [-0.25, -0.2) is 9.97 Å². The third-order valence-electron chi connectivity index (χ3n) is 6.37. The van der Waals surface area contributed by atoms with Crippen LogP contribution < -0.4 is 5.32 Å². The zero-order valence-corrected chi connectivity index (χ0v) is 19.3. The zero-order chi connectivity index (χ0) is 22.9. The Morgan fingerprint density at radius 1 is 0.853 bits per heavy atom. The number of aromatic amines is 2. The van der Waals surface area contributed by atoms with Crippen LogP contribution in [0.5, 0.6) is 0 Å². The van der Waals surface area contributed by atoms with E-state index >= 15 is 0 Å². The van der Waals surface area contributed by atoms with Crippen LogP contribution in [0.25, 0.3) is 33.8 Å². The number of nitrogens with one attached hydrogen (secondary N) is 3. The van der Waals surface area contributed by atoms with Crippen LogP contribution in [-0.2, 0) is 0 Å². The van der Waals surface area contributed by atoms with Crippen molar-refractivity contribution in [2.45, 2.75) is 12.3 Å². The minimum atomic E-state index is 0.512. The molecule has 6 nitrogen and oxygen atoms in total. The van der Waals surface area contributed by atoms with Crippen molar-refractivity contribution in [1.29, 1.82) is 0 Å². The van der Waals surface area contributed by atoms with Crippen molar-refractivity contribution < 1.29 is 0 Å². The van der Waals surface area contributed by atoms with Gasteiger partial charge in [0.1, 0.15) is 11.4 Å². The summed E-state index contributed by atoms with van der Waals surface area (Å²) in [5.41, 5.74) is 7.44. The summed E-state index contributed by atoms with van der Waals surface area (Å²) in [6.07, 6.45) is 4.90. The predicted octanol–water partition coefficient (Wildman–Crippen LogP) is 5.81. The number of likely N-dealkylation sites (tertiary alicyclic amines) is 1. The maximum absolute atomic E-state index is 5.76. The molecule has 1 saturated heterocycles. The first-order valence-electron chi connectivity index (χ1n) is 11.4. The third-order valence-corrected chi connectivity index (χ3v) is 6.73. The summed E-state index contributed by atoms with van der Waals surface area (Å²) in [7, 11) is 0. The van der Waals surface area contributed by atoms with E-state index in [1.807, 2.05) is 54.9 Å². The van der Waals surface area contributed by atoms with Crippen molar-refractivity contribution in [3.63, 3.8) is 0 Å². The molecule has 1 atom stereocenters. The topological polar surface area (TPSA) is 72.6 Å². The van der Waals surface area contributed by atoms with Gasteiger partial charge in [0.15, 0.2) is 5.11 Å². The minimum Gasteiger partial charge on any atom is -0.360 e. The lowest BCUT2D eigenvalue weighted by molar-refractivity contribution is 0.518. The number of H-pyrrole nitrogens is 2. The van der Waals surface area contributed by atoms with Crippen LogP contribution in [0.4, 0.5) is 5.69 Å². The lowest BCUT2D eigenvalue weighted by atomic mass is 9.99. The van der Waals surface area contributed by atoms with Crippen LogP contribution in [0.15, 0.2) is 85.2 Å². The average Bonchev–Trinajstić information content (AvgIpc) is 3.66. The molecule has 0 unspecified atom stereocenters. The lowest BCUT2D eigenvalue weighted by Crippen LogP contribution is -2.32. The molecule has 0 aliphatic carbocycles. The quantitative estimate of drug-likeness (QED) is 0.293. The molecule has 4 heterocycles. The Bertz CT molecular complexity index is 1430. The first-order valence-corrected chi connectivity index (χ1v) is 11.9. The number of thiocarbonyl (C=S) groups is 1. The molecule has 0 bridgehead atoms. The van der Waals surface area contributed by atoms with Crippen LogP contribution in [0.2, 0.25) is 0 Å². The summed E-state index contributed by atoms with van der Waals surface area (Å²) in [6.45, 7) is 1.88. The van der Waals surface area contributed by atoms with Crippen molar-refractivity contribution in [3.05, 3.63) is 90.8 Å². The van der Waals surface area contributed by atoms with Gasteiger partial charge in [-0.05, 0) is 66.7 Å². The van der Waals surface area contributed by atoms with Crippen LogP contribution in [-0.4, -0.2) is 43.0 Å². The van der Waals surface area contributed by atoms with Gasteiger partial charge in [-0.3, -0.25) is 0 Å². The molecule has 3 aromatic heterocycles. The maximum Gasteiger partial charge on any atom is 0.173 e. The molecule has 34 heavy (non-hydrogen) atoms. The predicted molar refractivity (Wildman–Crippen MR) is 141 cm³/mol. The average molecular weight is 465 g/mol. The summed E-state index contributed by atoms with van der Waals surface area (Å²) >= 11 is 5.76. The summed E-state index contributed by atoms with van der Waals surface area (Å²) in [5.74, 6) is 0.512. The number of nitrogens with zero attached hydrogens (tertiary/aromatic N) is 3. The van der Waals surface area contributed by atoms with E-state index in [4.69, 9.17) is 22.2 Å². The highest BCUT2D eigenvalue weighted by molar-refractivity contribution is 7.80. The number of fused-ring (bicyclic) bond motifs is 1. The van der Waals surface area contributed by atoms with E-state index in [0.717, 1.165) is 64.1 Å². The molecule has 0 radical (unpaired) electrons. The lowest BCUT2D eigenvalue weighted by Gasteiger charge is -2.21. The van der Waals surface area contributed by atoms with E-state index in [0.29, 0.717) is 5.92 Å². The van der Waals surface area contributed by atoms with Crippen molar-refractivity contribution in [2.75, 3.05) is 18.4 Å². The van der Waals surface area contributed by atoms with Gasteiger partial charge in [-0.15, -0.1) is 0 Å². The summed E-state index contributed by atoms with van der Waals surface area (Å²) in [5, 5.41) is 4.17. The fourth-order valence-electron chi connectivity index (χ4n) is 4.61. The smallest absolute Gasteiger partial charge is 0.173 e. The van der Waals surface area contributed by atoms with Crippen molar-refractivity contribution >= 4 is 34.1 Å². The van der Waals surface area contributed by atoms with Crippen LogP contribution >= 0.6 is 12.2 Å². The number of hydrogen-bond acceptors (Lipinski definition) is 3. The largest absolute Gasteiger partial charge is 0.360 e. The number of benzene rings is 2. The maximum atomic E-state index is 5.76. The van der Waals surface area contributed by atoms with Crippen LogP contribution in [0.1, 0.15) is 17.9 Å². The Kier molecular flexibility index (Phi) is 5.31. The normalized spacial score (nSPS) is 15.6. The van der Waals surface area contributed by atoms with Gasteiger partial charge in [-0.2, -0.15) is 0 Å². The molecule has 1 aliphatic heterocycles. The van der Waals surface area contributed by atoms with Gasteiger partial charge in [0, 0.05) is 37.1 Å². The van der Waals surface area contributed by atoms with Gasteiger partial charge in [0.2, 0.25) is 0 Å². The van der Waals surface area contributed by atoms with Crippen LogP contribution in [0.3, 0.4) is 0 Å². The second-order valence-electron chi connectivity index (χ2n) is 8.56. The van der Waals surface area contributed by atoms with E-state index in [2.05, 4.69) is 50.5 Å². The second-order valence-corrected chi connectivity index (χ2v) is 8.95. The molecule has 3 N–H and O–H groups in total. The number of hydrogen-bond donors (Lipinski definition) is 3. The molecule has 7 heteroatoms. The van der Waals surface area contributed by atoms with E-state index in [-0.39, 0.29) is 0 Å². The van der Waals surface area contributed by atoms with Gasteiger partial charge in [0.25, 0.3) is 0 Å². The second kappa shape index (κ2) is 8.76. The Morgan fingerprint density at radius 2 is 1.56 bits per heavy atom. The molecule has 1 fully saturated rings. The van der Waals surface area contributed by atoms with Gasteiger partial charge < -0.3 is 20.2 Å². The summed E-state index contributed by atoms with van der Waals surface area (Å²) in [4.78, 5) is 18.7. The van der Waals surface area contributed by atoms with E-state index in [1.165, 1.54) is 5.56 Å². The van der Waals surface area contributed by atoms with Crippen LogP contribution in [0, 0.1) is 0 Å². The fraction of sp³-hybridized carbons (Fsp3) is 0.148. The SMILES string of the molecule is S=C(Nc1ccc2nc(-c3ccc[nH]3)c(-c3ccc[nH]3)nc2c1)N1CC[C@H](c2ccccc2)C1. The highest BCUT2D eigenvalue weighted by Crippen LogP contribution is 2.31. The van der Waals surface area contributed by atoms with Crippen molar-refractivity contribution in [1.82, 2.24) is 24.8 Å². The molecule has 5 aromatic rings. The van der Waals surface area contributed by atoms with Gasteiger partial charge in [-0.1, -0.05) is 30.3 Å². The highest BCUT2D eigenvalue weighted by Gasteiger charge is 2.25. The molecule has 1 aliphatic rings. The Balaban J connectivity index is 1.26. The molecule has 0 spiro atoms. The minimum absolute atomic E-state index is 0.512. The Hall–Kier alpha value is -3.97. The molecule has 0 saturated carbocycles. The van der Waals surface area contributed by atoms with Crippen molar-refractivity contribution in [3.8, 4) is 22.8 Å². The van der Waals surface area contributed by atoms with E-state index in [1.54, 1.807) is 0 Å². The first-order chi connectivity index (χ1) is 16.7. The van der Waals surface area contributed by atoms with Gasteiger partial charge in [0.05, 0.1) is 22.4 Å². The number of anilines is 1. The molecular weight excluding hydrogens is 440 g/mol. The summed E-state index contributed by atoms with van der Waals surface area (Å²) < 4.78 is 0. The van der Waals surface area contributed by atoms with E-state index < -0.39 is 0 Å². The Morgan fingerprint density at radius 3 is 2.24 bits per heavy atom. The first kappa shape index (κ1) is 20.6. The number of rotatable bonds is 4. The summed E-state index contributed by atoms with van der Waals surface area (Å²) in [6, 6.07) is 24.7. The monoisotopic (exact) mass is 464 g/mol. The molecule has 6 rings (SSSR count). The zero-order valence-electron chi connectivity index (χ0n) is 18.5.